The number of aryl methyl sites for hydroxylation is 1. The molecule has 6 nitrogen and oxygen atoms in total. The molecule has 0 spiro atoms. The topological polar surface area (TPSA) is 75.2 Å². The number of hydrogen-bond donors (Lipinski definition) is 1. The molecule has 0 aliphatic rings. The smallest absolute Gasteiger partial charge is 0.274 e. The highest BCUT2D eigenvalue weighted by Crippen LogP contribution is 2.25. The number of halogens is 2. The molecule has 0 aliphatic heterocycles. The first-order valence-electron chi connectivity index (χ1n) is 7.73. The van der Waals surface area contributed by atoms with Gasteiger partial charge in [-0.1, -0.05) is 30.1 Å². The summed E-state index contributed by atoms with van der Waals surface area (Å²) in [4.78, 5) is 34.4. The molecule has 8 heteroatoms. The molecular formula is C17H18Cl2N4O2. The van der Waals surface area contributed by atoms with Crippen LogP contribution in [0.15, 0.2) is 30.6 Å². The quantitative estimate of drug-likeness (QED) is 0.830. The standard InChI is InChI=1S/C17H18Cl2N4O2/c1-3-6-23(17(25)15-9-20-11(2)8-21-15)10-16(24)22-14-7-12(18)4-5-13(14)19/h4-5,7-9H,3,6,10H2,1-2H3,(H,22,24). The van der Waals surface area contributed by atoms with Crippen molar-refractivity contribution in [2.45, 2.75) is 20.3 Å². The van der Waals surface area contributed by atoms with Gasteiger partial charge in [0.1, 0.15) is 12.2 Å². The summed E-state index contributed by atoms with van der Waals surface area (Å²) in [6.07, 6.45) is 3.63. The van der Waals surface area contributed by atoms with Crippen molar-refractivity contribution in [3.63, 3.8) is 0 Å². The first-order chi connectivity index (χ1) is 11.9. The molecular weight excluding hydrogens is 363 g/mol. The van der Waals surface area contributed by atoms with Gasteiger partial charge in [-0.05, 0) is 31.5 Å². The van der Waals surface area contributed by atoms with E-state index < -0.39 is 0 Å². The molecule has 0 saturated carbocycles. The maximum Gasteiger partial charge on any atom is 0.274 e. The van der Waals surface area contributed by atoms with E-state index in [0.717, 1.165) is 0 Å². The second-order valence-electron chi connectivity index (χ2n) is 5.44. The lowest BCUT2D eigenvalue weighted by Crippen LogP contribution is -2.39. The van der Waals surface area contributed by atoms with Gasteiger partial charge < -0.3 is 10.2 Å². The van der Waals surface area contributed by atoms with Crippen LogP contribution in [0.3, 0.4) is 0 Å². The van der Waals surface area contributed by atoms with Crippen LogP contribution in [0.25, 0.3) is 0 Å². The number of nitrogens with zero attached hydrogens (tertiary/aromatic N) is 3. The van der Waals surface area contributed by atoms with Crippen molar-refractivity contribution in [2.75, 3.05) is 18.4 Å². The van der Waals surface area contributed by atoms with E-state index in [1.165, 1.54) is 17.3 Å². The van der Waals surface area contributed by atoms with E-state index >= 15 is 0 Å². The van der Waals surface area contributed by atoms with Crippen LogP contribution >= 0.6 is 23.2 Å². The molecule has 1 aromatic carbocycles. The third kappa shape index (κ3) is 5.41. The first kappa shape index (κ1) is 19.1. The summed E-state index contributed by atoms with van der Waals surface area (Å²) in [5.74, 6) is -0.715. The fraction of sp³-hybridized carbons (Fsp3) is 0.294. The fourth-order valence-corrected chi connectivity index (χ4v) is 2.48. The molecule has 0 bridgehead atoms. The molecule has 25 heavy (non-hydrogen) atoms. The van der Waals surface area contributed by atoms with E-state index in [9.17, 15) is 9.59 Å². The Kier molecular flexibility index (Phi) is 6.73. The highest BCUT2D eigenvalue weighted by atomic mass is 35.5. The molecule has 0 radical (unpaired) electrons. The van der Waals surface area contributed by atoms with Crippen LogP contribution in [-0.2, 0) is 4.79 Å². The zero-order valence-corrected chi connectivity index (χ0v) is 15.4. The number of carbonyl (C=O) groups is 2. The van der Waals surface area contributed by atoms with Crippen LogP contribution < -0.4 is 5.32 Å². The first-order valence-corrected chi connectivity index (χ1v) is 8.49. The Morgan fingerprint density at radius 1 is 1.20 bits per heavy atom. The van der Waals surface area contributed by atoms with E-state index in [1.54, 1.807) is 25.1 Å². The maximum absolute atomic E-state index is 12.6. The van der Waals surface area contributed by atoms with Crippen LogP contribution in [0.1, 0.15) is 29.5 Å². The lowest BCUT2D eigenvalue weighted by molar-refractivity contribution is -0.116. The predicted molar refractivity (Wildman–Crippen MR) is 98.1 cm³/mol. The van der Waals surface area contributed by atoms with Crippen molar-refractivity contribution < 1.29 is 9.59 Å². The van der Waals surface area contributed by atoms with Crippen molar-refractivity contribution >= 4 is 40.7 Å². The number of anilines is 1. The van der Waals surface area contributed by atoms with Crippen LogP contribution in [0.5, 0.6) is 0 Å². The molecule has 2 amide bonds. The molecule has 0 saturated heterocycles. The summed E-state index contributed by atoms with van der Waals surface area (Å²) >= 11 is 11.9. The molecule has 2 aromatic rings. The monoisotopic (exact) mass is 380 g/mol. The molecule has 0 fully saturated rings. The van der Waals surface area contributed by atoms with Gasteiger partial charge in [0, 0.05) is 17.8 Å². The summed E-state index contributed by atoms with van der Waals surface area (Å²) in [5, 5.41) is 3.50. The average molecular weight is 381 g/mol. The van der Waals surface area contributed by atoms with Gasteiger partial charge in [-0.25, -0.2) is 4.98 Å². The maximum atomic E-state index is 12.6. The summed E-state index contributed by atoms with van der Waals surface area (Å²) in [7, 11) is 0. The molecule has 132 valence electrons. The van der Waals surface area contributed by atoms with Crippen LogP contribution in [0.4, 0.5) is 5.69 Å². The number of benzene rings is 1. The molecule has 2 rings (SSSR count). The van der Waals surface area contributed by atoms with Gasteiger partial charge in [-0.15, -0.1) is 0 Å². The van der Waals surface area contributed by atoms with Crippen molar-refractivity contribution in [1.29, 1.82) is 0 Å². The van der Waals surface area contributed by atoms with E-state index in [-0.39, 0.29) is 24.1 Å². The SMILES string of the molecule is CCCN(CC(=O)Nc1cc(Cl)ccc1Cl)C(=O)c1cnc(C)cn1. The Hall–Kier alpha value is -2.18. The second-order valence-corrected chi connectivity index (χ2v) is 6.29. The largest absolute Gasteiger partial charge is 0.328 e. The van der Waals surface area contributed by atoms with Gasteiger partial charge in [0.2, 0.25) is 5.91 Å². The van der Waals surface area contributed by atoms with Crippen LogP contribution in [-0.4, -0.2) is 39.8 Å². The molecule has 1 heterocycles. The summed E-state index contributed by atoms with van der Waals surface area (Å²) in [6, 6.07) is 4.78. The normalized spacial score (nSPS) is 10.4. The average Bonchev–Trinajstić information content (AvgIpc) is 2.58. The number of rotatable bonds is 6. The van der Waals surface area contributed by atoms with Gasteiger partial charge in [-0.2, -0.15) is 0 Å². The Balaban J connectivity index is 2.09. The van der Waals surface area contributed by atoms with E-state index in [2.05, 4.69) is 15.3 Å². The molecule has 1 aromatic heterocycles. The Morgan fingerprint density at radius 2 is 1.96 bits per heavy atom. The number of aromatic nitrogens is 2. The van der Waals surface area contributed by atoms with Gasteiger partial charge in [0.25, 0.3) is 5.91 Å². The van der Waals surface area contributed by atoms with Crippen molar-refractivity contribution in [3.05, 3.63) is 52.0 Å². The zero-order chi connectivity index (χ0) is 18.4. The van der Waals surface area contributed by atoms with E-state index in [4.69, 9.17) is 23.2 Å². The van der Waals surface area contributed by atoms with Gasteiger partial charge in [-0.3, -0.25) is 14.6 Å². The zero-order valence-electron chi connectivity index (χ0n) is 13.9. The number of nitrogens with one attached hydrogen (secondary N) is 1. The molecule has 0 unspecified atom stereocenters. The minimum atomic E-state index is -0.369. The summed E-state index contributed by atoms with van der Waals surface area (Å²) in [5.41, 5.74) is 1.32. The Morgan fingerprint density at radius 3 is 2.60 bits per heavy atom. The number of hydrogen-bond acceptors (Lipinski definition) is 4. The predicted octanol–water partition coefficient (Wildman–Crippen LogP) is 3.58. The van der Waals surface area contributed by atoms with Crippen molar-refractivity contribution in [1.82, 2.24) is 14.9 Å². The highest BCUT2D eigenvalue weighted by molar-refractivity contribution is 6.35. The lowest BCUT2D eigenvalue weighted by Gasteiger charge is -2.21. The third-order valence-corrected chi connectivity index (χ3v) is 3.88. The lowest BCUT2D eigenvalue weighted by atomic mass is 10.3. The minimum absolute atomic E-state index is 0.120. The number of carbonyl (C=O) groups excluding carboxylic acids is 2. The summed E-state index contributed by atoms with van der Waals surface area (Å²) in [6.45, 7) is 4.01. The van der Waals surface area contributed by atoms with Crippen molar-refractivity contribution in [2.24, 2.45) is 0 Å². The molecule has 0 atom stereocenters. The molecule has 1 N–H and O–H groups in total. The van der Waals surface area contributed by atoms with Crippen LogP contribution in [0.2, 0.25) is 10.0 Å². The van der Waals surface area contributed by atoms with Crippen LogP contribution in [0, 0.1) is 6.92 Å². The van der Waals surface area contributed by atoms with Gasteiger partial charge >= 0.3 is 0 Å². The number of amides is 2. The fourth-order valence-electron chi connectivity index (χ4n) is 2.14. The van der Waals surface area contributed by atoms with Gasteiger partial charge in [0.15, 0.2) is 0 Å². The second kappa shape index (κ2) is 8.78. The van der Waals surface area contributed by atoms with E-state index in [1.807, 2.05) is 6.92 Å². The minimum Gasteiger partial charge on any atom is -0.328 e. The molecule has 0 aliphatic carbocycles. The third-order valence-electron chi connectivity index (χ3n) is 3.32. The summed E-state index contributed by atoms with van der Waals surface area (Å²) < 4.78 is 0. The van der Waals surface area contributed by atoms with Gasteiger partial charge in [0.05, 0.1) is 22.6 Å². The Labute approximate surface area is 156 Å². The van der Waals surface area contributed by atoms with Crippen molar-refractivity contribution in [3.8, 4) is 0 Å². The van der Waals surface area contributed by atoms with E-state index in [0.29, 0.717) is 34.4 Å². The highest BCUT2D eigenvalue weighted by Gasteiger charge is 2.20. The Bertz CT molecular complexity index is 766.